The smallest absolute Gasteiger partial charge is 0.0462 e. The maximum atomic E-state index is 5.18. The molecule has 0 amide bonds. The second kappa shape index (κ2) is 9.11. The number of benzene rings is 1. The van der Waals surface area contributed by atoms with Crippen LogP contribution in [0.4, 0.5) is 0 Å². The van der Waals surface area contributed by atoms with E-state index < -0.39 is 0 Å². The summed E-state index contributed by atoms with van der Waals surface area (Å²) in [6.45, 7) is 9.72. The van der Waals surface area contributed by atoms with Crippen molar-refractivity contribution < 1.29 is 4.74 Å². The Morgan fingerprint density at radius 2 is 1.89 bits per heavy atom. The Morgan fingerprint density at radius 1 is 1.16 bits per heavy atom. The molecule has 0 saturated carbocycles. The first-order chi connectivity index (χ1) is 9.15. The van der Waals surface area contributed by atoms with Crippen molar-refractivity contribution in [1.29, 1.82) is 0 Å². The number of hydrogen-bond acceptors (Lipinski definition) is 2. The molecule has 0 bridgehead atoms. The summed E-state index contributed by atoms with van der Waals surface area (Å²) in [7, 11) is 1.78. The molecule has 0 aliphatic rings. The number of ether oxygens (including phenoxy) is 1. The molecule has 108 valence electrons. The van der Waals surface area contributed by atoms with Crippen LogP contribution in [0.25, 0.3) is 0 Å². The predicted molar refractivity (Wildman–Crippen MR) is 82.7 cm³/mol. The van der Waals surface area contributed by atoms with Gasteiger partial charge >= 0.3 is 0 Å². The van der Waals surface area contributed by atoms with Gasteiger partial charge in [0.15, 0.2) is 0 Å². The third-order valence-electron chi connectivity index (χ3n) is 3.47. The minimum Gasteiger partial charge on any atom is -0.385 e. The summed E-state index contributed by atoms with van der Waals surface area (Å²) in [5, 5.41) is 3.60. The van der Waals surface area contributed by atoms with Gasteiger partial charge < -0.3 is 10.1 Å². The molecule has 0 fully saturated rings. The van der Waals surface area contributed by atoms with E-state index in [1.807, 2.05) is 0 Å². The van der Waals surface area contributed by atoms with Crippen LogP contribution in [0.15, 0.2) is 24.3 Å². The maximum absolute atomic E-state index is 5.18. The van der Waals surface area contributed by atoms with E-state index in [1.54, 1.807) is 7.11 Å². The molecule has 0 heterocycles. The van der Waals surface area contributed by atoms with E-state index in [4.69, 9.17) is 4.74 Å². The molecule has 0 radical (unpaired) electrons. The Balaban J connectivity index is 2.60. The molecule has 0 saturated heterocycles. The van der Waals surface area contributed by atoms with Gasteiger partial charge in [-0.3, -0.25) is 0 Å². The molecule has 1 unspecified atom stereocenters. The minimum atomic E-state index is 0.593. The van der Waals surface area contributed by atoms with Crippen molar-refractivity contribution in [2.24, 2.45) is 5.92 Å². The molecule has 1 aromatic carbocycles. The van der Waals surface area contributed by atoms with E-state index in [0.29, 0.717) is 11.8 Å². The molecule has 0 spiro atoms. The second-order valence-electron chi connectivity index (χ2n) is 5.74. The maximum Gasteiger partial charge on any atom is 0.0462 e. The molecule has 0 aliphatic carbocycles. The predicted octanol–water partition coefficient (Wildman–Crippen LogP) is 3.75. The Bertz CT molecular complexity index is 349. The molecule has 0 aliphatic heterocycles. The zero-order valence-electron chi connectivity index (χ0n) is 12.9. The van der Waals surface area contributed by atoms with Gasteiger partial charge in [0.1, 0.15) is 0 Å². The van der Waals surface area contributed by atoms with Crippen LogP contribution in [0.1, 0.15) is 43.7 Å². The molecule has 2 heteroatoms. The lowest BCUT2D eigenvalue weighted by Gasteiger charge is -2.20. The van der Waals surface area contributed by atoms with Gasteiger partial charge in [-0.2, -0.15) is 0 Å². The second-order valence-corrected chi connectivity index (χ2v) is 5.74. The highest BCUT2D eigenvalue weighted by Gasteiger charge is 2.13. The molecule has 1 rings (SSSR count). The van der Waals surface area contributed by atoms with Crippen molar-refractivity contribution in [1.82, 2.24) is 5.32 Å². The fourth-order valence-electron chi connectivity index (χ4n) is 2.43. The van der Waals surface area contributed by atoms with Gasteiger partial charge in [-0.15, -0.1) is 0 Å². The van der Waals surface area contributed by atoms with Crippen molar-refractivity contribution >= 4 is 0 Å². The molecule has 19 heavy (non-hydrogen) atoms. The van der Waals surface area contributed by atoms with E-state index >= 15 is 0 Å². The van der Waals surface area contributed by atoms with E-state index in [9.17, 15) is 0 Å². The quantitative estimate of drug-likeness (QED) is 0.685. The standard InChI is InChI=1S/C17H29NO/c1-14(2)12-18-13-16(9-7-11-19-4)17-10-6-5-8-15(17)3/h5-6,8,10,14,16,18H,7,9,11-13H2,1-4H3. The van der Waals surface area contributed by atoms with Crippen LogP contribution < -0.4 is 5.32 Å². The van der Waals surface area contributed by atoms with Crippen LogP contribution >= 0.6 is 0 Å². The summed E-state index contributed by atoms with van der Waals surface area (Å²) in [5.41, 5.74) is 2.88. The average molecular weight is 263 g/mol. The highest BCUT2D eigenvalue weighted by molar-refractivity contribution is 5.29. The van der Waals surface area contributed by atoms with Gasteiger partial charge in [-0.05, 0) is 49.3 Å². The molecule has 1 aromatic rings. The fraction of sp³-hybridized carbons (Fsp3) is 0.647. The van der Waals surface area contributed by atoms with Crippen LogP contribution in [0.5, 0.6) is 0 Å². The summed E-state index contributed by atoms with van der Waals surface area (Å²) < 4.78 is 5.18. The van der Waals surface area contributed by atoms with E-state index in [2.05, 4.69) is 50.4 Å². The van der Waals surface area contributed by atoms with Crippen LogP contribution in [0, 0.1) is 12.8 Å². The molecule has 1 atom stereocenters. The van der Waals surface area contributed by atoms with Crippen LogP contribution in [-0.4, -0.2) is 26.8 Å². The molecule has 2 nitrogen and oxygen atoms in total. The first-order valence-electron chi connectivity index (χ1n) is 7.40. The lowest BCUT2D eigenvalue weighted by molar-refractivity contribution is 0.190. The number of aryl methyl sites for hydroxylation is 1. The van der Waals surface area contributed by atoms with Gasteiger partial charge in [-0.1, -0.05) is 38.1 Å². The lowest BCUT2D eigenvalue weighted by Crippen LogP contribution is -2.26. The average Bonchev–Trinajstić information content (AvgIpc) is 2.37. The van der Waals surface area contributed by atoms with Gasteiger partial charge in [-0.25, -0.2) is 0 Å². The van der Waals surface area contributed by atoms with Crippen molar-refractivity contribution in [3.63, 3.8) is 0 Å². The summed E-state index contributed by atoms with van der Waals surface area (Å²) in [5.74, 6) is 1.30. The third kappa shape index (κ3) is 6.22. The molecule has 1 N–H and O–H groups in total. The Kier molecular flexibility index (Phi) is 7.76. The minimum absolute atomic E-state index is 0.593. The van der Waals surface area contributed by atoms with Crippen molar-refractivity contribution in [2.45, 2.75) is 39.5 Å². The van der Waals surface area contributed by atoms with E-state index in [0.717, 1.165) is 26.1 Å². The highest BCUT2D eigenvalue weighted by atomic mass is 16.5. The fourth-order valence-corrected chi connectivity index (χ4v) is 2.43. The van der Waals surface area contributed by atoms with Crippen molar-refractivity contribution in [2.75, 3.05) is 26.8 Å². The van der Waals surface area contributed by atoms with Crippen LogP contribution in [0.2, 0.25) is 0 Å². The Hall–Kier alpha value is -0.860. The zero-order chi connectivity index (χ0) is 14.1. The summed E-state index contributed by atoms with van der Waals surface area (Å²) >= 11 is 0. The number of hydrogen-bond donors (Lipinski definition) is 1. The highest BCUT2D eigenvalue weighted by Crippen LogP contribution is 2.23. The van der Waals surface area contributed by atoms with Gasteiger partial charge in [0, 0.05) is 20.3 Å². The van der Waals surface area contributed by atoms with E-state index in [1.165, 1.54) is 17.5 Å². The van der Waals surface area contributed by atoms with Gasteiger partial charge in [0.25, 0.3) is 0 Å². The summed E-state index contributed by atoms with van der Waals surface area (Å²) in [6, 6.07) is 8.74. The molecular formula is C17H29NO. The SMILES string of the molecule is COCCCC(CNCC(C)C)c1ccccc1C. The first kappa shape index (κ1) is 16.2. The largest absolute Gasteiger partial charge is 0.385 e. The monoisotopic (exact) mass is 263 g/mol. The lowest BCUT2D eigenvalue weighted by atomic mass is 9.91. The first-order valence-corrected chi connectivity index (χ1v) is 7.40. The number of nitrogens with one attached hydrogen (secondary N) is 1. The Morgan fingerprint density at radius 3 is 2.53 bits per heavy atom. The third-order valence-corrected chi connectivity index (χ3v) is 3.47. The zero-order valence-corrected chi connectivity index (χ0v) is 12.9. The summed E-state index contributed by atoms with van der Waals surface area (Å²) in [6.07, 6.45) is 2.31. The van der Waals surface area contributed by atoms with Crippen LogP contribution in [-0.2, 0) is 4.74 Å². The topological polar surface area (TPSA) is 21.3 Å². The van der Waals surface area contributed by atoms with Gasteiger partial charge in [0.05, 0.1) is 0 Å². The van der Waals surface area contributed by atoms with Gasteiger partial charge in [0.2, 0.25) is 0 Å². The Labute approximate surface area is 118 Å². The van der Waals surface area contributed by atoms with E-state index in [-0.39, 0.29) is 0 Å². The number of methoxy groups -OCH3 is 1. The normalized spacial score (nSPS) is 12.9. The summed E-state index contributed by atoms with van der Waals surface area (Å²) in [4.78, 5) is 0. The van der Waals surface area contributed by atoms with Crippen molar-refractivity contribution in [3.05, 3.63) is 35.4 Å². The number of rotatable bonds is 9. The van der Waals surface area contributed by atoms with Crippen molar-refractivity contribution in [3.8, 4) is 0 Å². The molecular weight excluding hydrogens is 234 g/mol. The molecule has 0 aromatic heterocycles. The van der Waals surface area contributed by atoms with Crippen LogP contribution in [0.3, 0.4) is 0 Å².